The Bertz CT molecular complexity index is 1380. The van der Waals surface area contributed by atoms with E-state index in [-0.39, 0.29) is 37.1 Å². The van der Waals surface area contributed by atoms with Crippen LogP contribution in [0, 0.1) is 0 Å². The van der Waals surface area contributed by atoms with Gasteiger partial charge in [-0.1, -0.05) is 60.7 Å². The van der Waals surface area contributed by atoms with E-state index in [1.807, 2.05) is 68.7 Å². The van der Waals surface area contributed by atoms with Crippen LogP contribution in [0.2, 0.25) is 0 Å². The van der Waals surface area contributed by atoms with Gasteiger partial charge in [0.1, 0.15) is 12.1 Å². The number of aliphatic hydroxyl groups is 1. The fraction of sp³-hybridized carbons (Fsp3) is 0.364. The number of nitrogens with zero attached hydrogens (tertiary/aromatic N) is 3. The topological polar surface area (TPSA) is 99.2 Å². The zero-order valence-electron chi connectivity index (χ0n) is 24.2. The second-order valence-corrected chi connectivity index (χ2v) is 11.6. The lowest BCUT2D eigenvalue weighted by Gasteiger charge is -2.41. The maximum atomic E-state index is 12.8. The number of carbonyl (C=O) groups is 3. The van der Waals surface area contributed by atoms with E-state index in [9.17, 15) is 19.5 Å². The summed E-state index contributed by atoms with van der Waals surface area (Å²) >= 11 is 0. The minimum Gasteiger partial charge on any atom is -0.446 e. The van der Waals surface area contributed by atoms with Crippen molar-refractivity contribution in [2.75, 3.05) is 58.7 Å². The number of likely N-dealkylation sites (N-methyl/N-ethyl adjacent to an activating group) is 1. The van der Waals surface area contributed by atoms with Crippen molar-refractivity contribution < 1.29 is 28.7 Å². The number of rotatable bonds is 10. The van der Waals surface area contributed by atoms with Crippen molar-refractivity contribution in [3.8, 4) is 11.1 Å². The highest BCUT2D eigenvalue weighted by Crippen LogP contribution is 2.28. The number of carbonyl (C=O) groups excluding carboxylic acids is 3. The van der Waals surface area contributed by atoms with Gasteiger partial charge in [0.25, 0.3) is 11.8 Å². The molecule has 1 fully saturated rings. The van der Waals surface area contributed by atoms with Crippen LogP contribution >= 0.6 is 0 Å². The molecule has 0 radical (unpaired) electrons. The number of hydrogen-bond acceptors (Lipinski definition) is 6. The normalized spacial score (nSPS) is 16.8. The van der Waals surface area contributed by atoms with Crippen molar-refractivity contribution in [2.24, 2.45) is 0 Å². The van der Waals surface area contributed by atoms with Gasteiger partial charge in [-0.15, -0.1) is 0 Å². The Hall–Kier alpha value is -4.05. The van der Waals surface area contributed by atoms with Crippen LogP contribution < -0.4 is 5.32 Å². The lowest BCUT2D eigenvalue weighted by atomic mass is 10.0. The Morgan fingerprint density at radius 2 is 1.48 bits per heavy atom. The Labute approximate surface area is 246 Å². The number of ether oxygens (including phenoxy) is 1. The zero-order chi connectivity index (χ0) is 29.7. The summed E-state index contributed by atoms with van der Waals surface area (Å²) in [5, 5.41) is 13.2. The van der Waals surface area contributed by atoms with E-state index < -0.39 is 6.09 Å². The van der Waals surface area contributed by atoms with Crippen LogP contribution in [0.4, 0.5) is 10.5 Å². The van der Waals surface area contributed by atoms with E-state index in [0.29, 0.717) is 47.2 Å². The van der Waals surface area contributed by atoms with E-state index in [1.165, 1.54) is 4.90 Å². The highest BCUT2D eigenvalue weighted by atomic mass is 16.6. The smallest absolute Gasteiger partial charge is 0.411 e. The van der Waals surface area contributed by atoms with Crippen molar-refractivity contribution >= 4 is 23.6 Å². The van der Waals surface area contributed by atoms with Gasteiger partial charge in [-0.05, 0) is 36.6 Å². The molecule has 5 rings (SSSR count). The van der Waals surface area contributed by atoms with Gasteiger partial charge in [0, 0.05) is 18.7 Å². The number of piperidine rings is 1. The largest absolute Gasteiger partial charge is 0.446 e. The summed E-state index contributed by atoms with van der Waals surface area (Å²) in [5.74, 6) is -0.517. The molecular formula is C33H39N4O5+. The third-order valence-electron chi connectivity index (χ3n) is 8.50. The van der Waals surface area contributed by atoms with E-state index in [1.54, 1.807) is 24.3 Å². The number of nitrogens with one attached hydrogen (secondary N) is 1. The average Bonchev–Trinajstić information content (AvgIpc) is 3.25. The second-order valence-electron chi connectivity index (χ2n) is 11.6. The quantitative estimate of drug-likeness (QED) is 0.281. The monoisotopic (exact) mass is 571 g/mol. The number of amides is 3. The molecule has 2 aliphatic rings. The average molecular weight is 572 g/mol. The van der Waals surface area contributed by atoms with Gasteiger partial charge in [-0.25, -0.2) is 4.79 Å². The van der Waals surface area contributed by atoms with Crippen LogP contribution in [-0.4, -0.2) is 103 Å². The molecule has 2 N–H and O–H groups in total. The molecule has 0 bridgehead atoms. The molecule has 3 aromatic carbocycles. The van der Waals surface area contributed by atoms with Gasteiger partial charge in [-0.3, -0.25) is 24.7 Å². The summed E-state index contributed by atoms with van der Waals surface area (Å²) in [6, 6.07) is 24.4. The van der Waals surface area contributed by atoms with Crippen LogP contribution in [0.5, 0.6) is 0 Å². The summed E-state index contributed by atoms with van der Waals surface area (Å²) in [4.78, 5) is 41.9. The van der Waals surface area contributed by atoms with Crippen LogP contribution in [0.25, 0.3) is 11.1 Å². The number of quaternary nitrogens is 1. The number of anilines is 1. The number of benzene rings is 3. The molecule has 3 aromatic rings. The van der Waals surface area contributed by atoms with Crippen molar-refractivity contribution in [2.45, 2.75) is 25.0 Å². The van der Waals surface area contributed by atoms with E-state index in [4.69, 9.17) is 4.74 Å². The molecule has 0 aromatic heterocycles. The molecule has 42 heavy (non-hydrogen) atoms. The predicted octanol–water partition coefficient (Wildman–Crippen LogP) is 4.10. The molecule has 3 amide bonds. The van der Waals surface area contributed by atoms with Crippen LogP contribution in [0.15, 0.2) is 78.9 Å². The number of fused-ring (bicyclic) bond motifs is 1. The third-order valence-corrected chi connectivity index (χ3v) is 8.50. The Morgan fingerprint density at radius 3 is 2.10 bits per heavy atom. The SMILES string of the molecule is C[N+](C)(CCN1C(=O)c2ccccc2C1=O)C(CO)CN1CCC(OC(=O)Nc2ccccc2-c2ccccc2)CC1. The van der Waals surface area contributed by atoms with E-state index in [2.05, 4.69) is 10.2 Å². The number of imide groups is 1. The molecular weight excluding hydrogens is 532 g/mol. The lowest BCUT2D eigenvalue weighted by Crippen LogP contribution is -2.59. The summed E-state index contributed by atoms with van der Waals surface area (Å²) in [6.45, 7) is 2.94. The van der Waals surface area contributed by atoms with Crippen LogP contribution in [-0.2, 0) is 4.74 Å². The van der Waals surface area contributed by atoms with Crippen LogP contribution in [0.1, 0.15) is 33.6 Å². The van der Waals surface area contributed by atoms with Gasteiger partial charge in [0.2, 0.25) is 0 Å². The molecule has 0 spiro atoms. The Balaban J connectivity index is 1.10. The maximum absolute atomic E-state index is 12.8. The van der Waals surface area contributed by atoms with Crippen molar-refractivity contribution in [3.05, 3.63) is 90.0 Å². The number of para-hydroxylation sites is 1. The summed E-state index contributed by atoms with van der Waals surface area (Å²) in [7, 11) is 4.04. The van der Waals surface area contributed by atoms with E-state index >= 15 is 0 Å². The number of aliphatic hydroxyl groups excluding tert-OH is 1. The molecule has 1 atom stereocenters. The summed E-state index contributed by atoms with van der Waals surface area (Å²) in [5.41, 5.74) is 3.56. The summed E-state index contributed by atoms with van der Waals surface area (Å²) in [6.07, 6.45) is 0.757. The first-order valence-corrected chi connectivity index (χ1v) is 14.5. The Kier molecular flexibility index (Phi) is 9.01. The fourth-order valence-corrected chi connectivity index (χ4v) is 5.74. The first-order chi connectivity index (χ1) is 20.3. The zero-order valence-corrected chi connectivity index (χ0v) is 24.2. The second kappa shape index (κ2) is 12.9. The summed E-state index contributed by atoms with van der Waals surface area (Å²) < 4.78 is 6.24. The first kappa shape index (κ1) is 29.4. The fourth-order valence-electron chi connectivity index (χ4n) is 5.74. The van der Waals surface area contributed by atoms with Crippen LogP contribution in [0.3, 0.4) is 0 Å². The minimum absolute atomic E-state index is 0.0191. The van der Waals surface area contributed by atoms with Gasteiger partial charge in [0.15, 0.2) is 0 Å². The molecule has 1 saturated heterocycles. The number of likely N-dealkylation sites (tertiary alicyclic amines) is 1. The van der Waals surface area contributed by atoms with Crippen molar-refractivity contribution in [1.82, 2.24) is 9.80 Å². The third kappa shape index (κ3) is 6.54. The van der Waals surface area contributed by atoms with Gasteiger partial charge < -0.3 is 14.3 Å². The molecule has 0 saturated carbocycles. The van der Waals surface area contributed by atoms with Crippen molar-refractivity contribution in [1.29, 1.82) is 0 Å². The highest BCUT2D eigenvalue weighted by molar-refractivity contribution is 6.21. The number of hydrogen-bond donors (Lipinski definition) is 2. The maximum Gasteiger partial charge on any atom is 0.411 e. The minimum atomic E-state index is -0.462. The Morgan fingerprint density at radius 1 is 0.905 bits per heavy atom. The first-order valence-electron chi connectivity index (χ1n) is 14.5. The van der Waals surface area contributed by atoms with Gasteiger partial charge in [0.05, 0.1) is 57.2 Å². The highest BCUT2D eigenvalue weighted by Gasteiger charge is 2.38. The van der Waals surface area contributed by atoms with Gasteiger partial charge in [-0.2, -0.15) is 0 Å². The van der Waals surface area contributed by atoms with Crippen molar-refractivity contribution in [3.63, 3.8) is 0 Å². The molecule has 220 valence electrons. The van der Waals surface area contributed by atoms with Gasteiger partial charge >= 0.3 is 6.09 Å². The molecule has 2 heterocycles. The standard InChI is InChI=1S/C33H38N4O5/c1-37(2,21-20-36-31(39)28-13-6-7-14-29(28)32(36)40)25(23-38)22-35-18-16-26(17-19-35)42-33(41)34-30-15-9-8-12-27(30)24-10-4-3-5-11-24/h3-15,25-26,38H,16-23H2,1-2H3/p+1. The molecule has 9 nitrogen and oxygen atoms in total. The predicted molar refractivity (Wildman–Crippen MR) is 161 cm³/mol. The lowest BCUT2D eigenvalue weighted by molar-refractivity contribution is -0.914. The molecule has 9 heteroatoms. The molecule has 1 unspecified atom stereocenters. The molecule has 2 aliphatic heterocycles. The van der Waals surface area contributed by atoms with E-state index in [0.717, 1.165) is 24.2 Å². The molecule has 0 aliphatic carbocycles.